The number of carbonyl (C=O) groups excluding carboxylic acids is 1. The maximum atomic E-state index is 13.0. The van der Waals surface area contributed by atoms with Gasteiger partial charge in [-0.1, -0.05) is 68.3 Å². The van der Waals surface area contributed by atoms with Crippen molar-refractivity contribution >= 4 is 12.1 Å². The first kappa shape index (κ1) is 20.5. The van der Waals surface area contributed by atoms with Gasteiger partial charge in [0.1, 0.15) is 12.6 Å². The Balaban J connectivity index is 1.48. The van der Waals surface area contributed by atoms with Crippen LogP contribution in [0, 0.1) is 5.92 Å². The molecular formula is C25H29NO4. The summed E-state index contributed by atoms with van der Waals surface area (Å²) in [6.45, 7) is 2.83. The molecule has 1 aliphatic heterocycles. The topological polar surface area (TPSA) is 66.8 Å². The lowest BCUT2D eigenvalue weighted by molar-refractivity contribution is -0.144. The van der Waals surface area contributed by atoms with Gasteiger partial charge in [-0.2, -0.15) is 0 Å². The van der Waals surface area contributed by atoms with Crippen LogP contribution in [0.15, 0.2) is 48.5 Å². The average molecular weight is 408 g/mol. The molecule has 30 heavy (non-hydrogen) atoms. The number of carbonyl (C=O) groups is 2. The highest BCUT2D eigenvalue weighted by molar-refractivity contribution is 5.81. The second-order valence-corrected chi connectivity index (χ2v) is 8.40. The van der Waals surface area contributed by atoms with Crippen LogP contribution in [0.4, 0.5) is 4.79 Å². The van der Waals surface area contributed by atoms with Gasteiger partial charge in [0.15, 0.2) is 0 Å². The number of ether oxygens (including phenoxy) is 1. The summed E-state index contributed by atoms with van der Waals surface area (Å²) in [5.41, 5.74) is 4.66. The number of carboxylic acid groups (broad SMARTS) is 1. The normalized spacial score (nSPS) is 20.5. The number of nitrogens with zero attached hydrogens (tertiary/aromatic N) is 1. The molecule has 0 radical (unpaired) electrons. The van der Waals surface area contributed by atoms with Crippen LogP contribution in [0.5, 0.6) is 0 Å². The summed E-state index contributed by atoms with van der Waals surface area (Å²) in [5, 5.41) is 9.61. The Kier molecular flexibility index (Phi) is 6.07. The minimum absolute atomic E-state index is 0.0229. The van der Waals surface area contributed by atoms with E-state index < -0.39 is 18.1 Å². The fourth-order valence-electron chi connectivity index (χ4n) is 4.91. The van der Waals surface area contributed by atoms with Gasteiger partial charge in [0.25, 0.3) is 0 Å². The Morgan fingerprint density at radius 1 is 1.03 bits per heavy atom. The number of piperidine rings is 1. The maximum absolute atomic E-state index is 13.0. The number of likely N-dealkylation sites (tertiary alicyclic amines) is 1. The molecule has 1 heterocycles. The highest BCUT2D eigenvalue weighted by Crippen LogP contribution is 2.44. The van der Waals surface area contributed by atoms with Gasteiger partial charge in [-0.15, -0.1) is 0 Å². The number of amides is 1. The van der Waals surface area contributed by atoms with E-state index in [4.69, 9.17) is 4.74 Å². The summed E-state index contributed by atoms with van der Waals surface area (Å²) in [4.78, 5) is 26.1. The van der Waals surface area contributed by atoms with Gasteiger partial charge >= 0.3 is 12.1 Å². The Bertz CT molecular complexity index is 879. The number of aliphatic carboxylic acids is 1. The van der Waals surface area contributed by atoms with Crippen LogP contribution in [-0.2, 0) is 9.53 Å². The van der Waals surface area contributed by atoms with Gasteiger partial charge in [0.05, 0.1) is 0 Å². The average Bonchev–Trinajstić information content (AvgIpc) is 3.09. The molecule has 1 N–H and O–H groups in total. The van der Waals surface area contributed by atoms with Gasteiger partial charge in [-0.25, -0.2) is 9.59 Å². The number of rotatable bonds is 6. The maximum Gasteiger partial charge on any atom is 0.410 e. The minimum atomic E-state index is -0.947. The summed E-state index contributed by atoms with van der Waals surface area (Å²) >= 11 is 0. The molecule has 0 bridgehead atoms. The molecular weight excluding hydrogens is 378 g/mol. The number of hydrogen-bond acceptors (Lipinski definition) is 3. The van der Waals surface area contributed by atoms with E-state index in [1.165, 1.54) is 16.0 Å². The van der Waals surface area contributed by atoms with Crippen molar-refractivity contribution in [3.63, 3.8) is 0 Å². The van der Waals surface area contributed by atoms with E-state index in [9.17, 15) is 14.7 Å². The number of carboxylic acids is 1. The largest absolute Gasteiger partial charge is 0.480 e. The molecule has 1 fully saturated rings. The third-order valence-corrected chi connectivity index (χ3v) is 6.50. The van der Waals surface area contributed by atoms with Crippen molar-refractivity contribution in [2.24, 2.45) is 5.92 Å². The molecule has 5 nitrogen and oxygen atoms in total. The van der Waals surface area contributed by atoms with E-state index in [1.54, 1.807) is 0 Å². The molecule has 1 aliphatic carbocycles. The number of benzene rings is 2. The van der Waals surface area contributed by atoms with Crippen molar-refractivity contribution in [3.8, 4) is 11.1 Å². The van der Waals surface area contributed by atoms with Crippen molar-refractivity contribution < 1.29 is 19.4 Å². The van der Waals surface area contributed by atoms with Crippen LogP contribution < -0.4 is 0 Å². The van der Waals surface area contributed by atoms with Crippen LogP contribution in [0.3, 0.4) is 0 Å². The predicted molar refractivity (Wildman–Crippen MR) is 115 cm³/mol. The molecule has 2 aromatic rings. The first-order valence-corrected chi connectivity index (χ1v) is 10.9. The molecule has 0 aromatic heterocycles. The van der Waals surface area contributed by atoms with Crippen LogP contribution >= 0.6 is 0 Å². The standard InChI is InChI=1S/C25H29NO4/c1-2-3-8-17-13-14-23(24(27)28)26(15-17)25(29)30-16-22-20-11-6-4-9-18(20)19-10-5-7-12-21(19)22/h4-7,9-12,17,22-23H,2-3,8,13-16H2,1H3,(H,27,28). The smallest absolute Gasteiger partial charge is 0.410 e. The Labute approximate surface area is 177 Å². The predicted octanol–water partition coefficient (Wildman–Crippen LogP) is 5.29. The van der Waals surface area contributed by atoms with Gasteiger partial charge in [0, 0.05) is 12.5 Å². The van der Waals surface area contributed by atoms with Crippen molar-refractivity contribution in [2.45, 2.75) is 51.0 Å². The van der Waals surface area contributed by atoms with E-state index in [0.29, 0.717) is 18.9 Å². The van der Waals surface area contributed by atoms with Crippen LogP contribution in [0.1, 0.15) is 56.1 Å². The summed E-state index contributed by atoms with van der Waals surface area (Å²) in [6, 6.07) is 15.6. The highest BCUT2D eigenvalue weighted by atomic mass is 16.6. The fraction of sp³-hybridized carbons (Fsp3) is 0.440. The molecule has 2 atom stereocenters. The lowest BCUT2D eigenvalue weighted by atomic mass is 9.89. The number of unbranched alkanes of at least 4 members (excludes halogenated alkanes) is 1. The van der Waals surface area contributed by atoms with Crippen molar-refractivity contribution in [3.05, 3.63) is 59.7 Å². The lowest BCUT2D eigenvalue weighted by Gasteiger charge is -2.37. The number of hydrogen-bond donors (Lipinski definition) is 1. The molecule has 2 aliphatic rings. The van der Waals surface area contributed by atoms with Gasteiger partial charge in [0.2, 0.25) is 0 Å². The minimum Gasteiger partial charge on any atom is -0.480 e. The second-order valence-electron chi connectivity index (χ2n) is 8.40. The summed E-state index contributed by atoms with van der Waals surface area (Å²) in [6.07, 6.45) is 4.06. The zero-order chi connectivity index (χ0) is 21.1. The second kappa shape index (κ2) is 8.90. The highest BCUT2D eigenvalue weighted by Gasteiger charge is 2.37. The molecule has 2 aromatic carbocycles. The first-order chi connectivity index (χ1) is 14.6. The van der Waals surface area contributed by atoms with Crippen molar-refractivity contribution in [1.82, 2.24) is 4.90 Å². The van der Waals surface area contributed by atoms with E-state index in [1.807, 2.05) is 24.3 Å². The van der Waals surface area contributed by atoms with E-state index in [0.717, 1.165) is 36.8 Å². The monoisotopic (exact) mass is 407 g/mol. The quantitative estimate of drug-likeness (QED) is 0.706. The molecule has 5 heteroatoms. The lowest BCUT2D eigenvalue weighted by Crippen LogP contribution is -2.51. The summed E-state index contributed by atoms with van der Waals surface area (Å²) in [5.74, 6) is -0.621. The summed E-state index contributed by atoms with van der Waals surface area (Å²) < 4.78 is 5.74. The van der Waals surface area contributed by atoms with Crippen molar-refractivity contribution in [1.29, 1.82) is 0 Å². The zero-order valence-corrected chi connectivity index (χ0v) is 17.4. The first-order valence-electron chi connectivity index (χ1n) is 10.9. The van der Waals surface area contributed by atoms with Crippen LogP contribution in [-0.4, -0.2) is 41.3 Å². The number of fused-ring (bicyclic) bond motifs is 3. The third kappa shape index (κ3) is 3.93. The molecule has 1 saturated heterocycles. The summed E-state index contributed by atoms with van der Waals surface area (Å²) in [7, 11) is 0. The van der Waals surface area contributed by atoms with Crippen molar-refractivity contribution in [2.75, 3.05) is 13.2 Å². The fourth-order valence-corrected chi connectivity index (χ4v) is 4.91. The molecule has 1 amide bonds. The SMILES string of the molecule is CCCCC1CCC(C(=O)O)N(C(=O)OCC2c3ccccc3-c3ccccc32)C1. The Hall–Kier alpha value is -2.82. The van der Waals surface area contributed by atoms with E-state index in [2.05, 4.69) is 31.2 Å². The van der Waals surface area contributed by atoms with E-state index >= 15 is 0 Å². The molecule has 158 valence electrons. The van der Waals surface area contributed by atoms with Crippen LogP contribution in [0.25, 0.3) is 11.1 Å². The zero-order valence-electron chi connectivity index (χ0n) is 17.4. The Morgan fingerprint density at radius 2 is 1.67 bits per heavy atom. The molecule has 4 rings (SSSR count). The van der Waals surface area contributed by atoms with Crippen LogP contribution in [0.2, 0.25) is 0 Å². The molecule has 0 saturated carbocycles. The van der Waals surface area contributed by atoms with Gasteiger partial charge in [-0.3, -0.25) is 4.90 Å². The van der Waals surface area contributed by atoms with E-state index in [-0.39, 0.29) is 12.5 Å². The third-order valence-electron chi connectivity index (χ3n) is 6.50. The van der Waals surface area contributed by atoms with Gasteiger partial charge < -0.3 is 9.84 Å². The van der Waals surface area contributed by atoms with Gasteiger partial charge in [-0.05, 0) is 47.4 Å². The Morgan fingerprint density at radius 3 is 2.27 bits per heavy atom. The molecule has 2 unspecified atom stereocenters. The molecule has 0 spiro atoms.